The molecule has 0 spiro atoms. The molecule has 17 heavy (non-hydrogen) atoms. The molecule has 1 aromatic rings. The molecule has 1 rings (SSSR count). The van der Waals surface area contributed by atoms with Crippen molar-refractivity contribution in [3.8, 4) is 0 Å². The third-order valence-corrected chi connectivity index (χ3v) is 4.30. The van der Waals surface area contributed by atoms with E-state index >= 15 is 0 Å². The van der Waals surface area contributed by atoms with Crippen molar-refractivity contribution in [2.75, 3.05) is 0 Å². The Morgan fingerprint density at radius 3 is 2.18 bits per heavy atom. The van der Waals surface area contributed by atoms with Gasteiger partial charge in [-0.15, -0.1) is 0 Å². The molecule has 0 heterocycles. The zero-order valence-corrected chi connectivity index (χ0v) is 13.2. The lowest BCUT2D eigenvalue weighted by Gasteiger charge is -2.13. The molecule has 96 valence electrons. The Labute approximate surface area is 115 Å². The molecule has 0 saturated heterocycles. The summed E-state index contributed by atoms with van der Waals surface area (Å²) < 4.78 is 0. The summed E-state index contributed by atoms with van der Waals surface area (Å²) in [6.45, 7) is 8.92. The Morgan fingerprint density at radius 1 is 1.06 bits per heavy atom. The quantitative estimate of drug-likeness (QED) is 0.608. The number of rotatable bonds is 6. The summed E-state index contributed by atoms with van der Waals surface area (Å²) in [5, 5.41) is 0. The fourth-order valence-corrected chi connectivity index (χ4v) is 3.34. The number of hydrogen-bond acceptors (Lipinski definition) is 0. The number of halogens is 1. The molecule has 0 radical (unpaired) electrons. The van der Waals surface area contributed by atoms with Crippen molar-refractivity contribution in [3.63, 3.8) is 0 Å². The van der Waals surface area contributed by atoms with Gasteiger partial charge in [0, 0.05) is 4.83 Å². The zero-order chi connectivity index (χ0) is 12.8. The SMILES string of the molecule is CCCC(Br)CCCc1c(C)cc(C)cc1C. The van der Waals surface area contributed by atoms with E-state index in [1.807, 2.05) is 0 Å². The highest BCUT2D eigenvalue weighted by atomic mass is 79.9. The minimum absolute atomic E-state index is 0.707. The Kier molecular flexibility index (Phi) is 6.26. The molecule has 1 atom stereocenters. The normalized spacial score (nSPS) is 12.8. The van der Waals surface area contributed by atoms with E-state index in [4.69, 9.17) is 0 Å². The van der Waals surface area contributed by atoms with Crippen LogP contribution in [0.4, 0.5) is 0 Å². The Morgan fingerprint density at radius 2 is 1.65 bits per heavy atom. The summed E-state index contributed by atoms with van der Waals surface area (Å²) in [7, 11) is 0. The molecule has 0 amide bonds. The van der Waals surface area contributed by atoms with Gasteiger partial charge in [0.25, 0.3) is 0 Å². The minimum atomic E-state index is 0.707. The summed E-state index contributed by atoms with van der Waals surface area (Å²) in [4.78, 5) is 0.707. The molecule has 0 fully saturated rings. The first kappa shape index (κ1) is 14.8. The van der Waals surface area contributed by atoms with Crippen LogP contribution in [0.2, 0.25) is 0 Å². The molecule has 0 N–H and O–H groups in total. The van der Waals surface area contributed by atoms with E-state index in [9.17, 15) is 0 Å². The van der Waals surface area contributed by atoms with Gasteiger partial charge in [-0.3, -0.25) is 0 Å². The molecule has 0 bridgehead atoms. The third kappa shape index (κ3) is 4.83. The number of aryl methyl sites for hydroxylation is 3. The van der Waals surface area contributed by atoms with Gasteiger partial charge in [0.1, 0.15) is 0 Å². The number of alkyl halides is 1. The van der Waals surface area contributed by atoms with Crippen molar-refractivity contribution in [2.45, 2.75) is 64.6 Å². The Balaban J connectivity index is 2.52. The molecule has 1 unspecified atom stereocenters. The molecule has 0 saturated carbocycles. The lowest BCUT2D eigenvalue weighted by atomic mass is 9.95. The maximum atomic E-state index is 3.76. The zero-order valence-electron chi connectivity index (χ0n) is 11.6. The second-order valence-corrected chi connectivity index (χ2v) is 6.45. The van der Waals surface area contributed by atoms with Crippen LogP contribution < -0.4 is 0 Å². The van der Waals surface area contributed by atoms with Gasteiger partial charge in [0.15, 0.2) is 0 Å². The molecular weight excluding hydrogens is 272 g/mol. The summed E-state index contributed by atoms with van der Waals surface area (Å²) in [5.41, 5.74) is 5.87. The van der Waals surface area contributed by atoms with Gasteiger partial charge in [-0.2, -0.15) is 0 Å². The molecule has 0 nitrogen and oxygen atoms in total. The van der Waals surface area contributed by atoms with Gasteiger partial charge in [0.2, 0.25) is 0 Å². The van der Waals surface area contributed by atoms with Crippen LogP contribution in [0.5, 0.6) is 0 Å². The summed E-state index contributed by atoms with van der Waals surface area (Å²) in [6, 6.07) is 4.61. The molecule has 0 aromatic heterocycles. The van der Waals surface area contributed by atoms with Crippen molar-refractivity contribution < 1.29 is 0 Å². The van der Waals surface area contributed by atoms with Crippen LogP contribution in [0.15, 0.2) is 12.1 Å². The molecular formula is C16H25Br. The van der Waals surface area contributed by atoms with Gasteiger partial charge in [0.05, 0.1) is 0 Å². The maximum Gasteiger partial charge on any atom is 0.0145 e. The van der Waals surface area contributed by atoms with E-state index in [2.05, 4.69) is 55.8 Å². The second kappa shape index (κ2) is 7.20. The van der Waals surface area contributed by atoms with Crippen molar-refractivity contribution in [1.82, 2.24) is 0 Å². The monoisotopic (exact) mass is 296 g/mol. The summed E-state index contributed by atoms with van der Waals surface area (Å²) >= 11 is 3.76. The van der Waals surface area contributed by atoms with Gasteiger partial charge in [-0.05, 0) is 63.1 Å². The van der Waals surface area contributed by atoms with Crippen molar-refractivity contribution >= 4 is 15.9 Å². The van der Waals surface area contributed by atoms with Crippen LogP contribution in [-0.2, 0) is 6.42 Å². The second-order valence-electron chi connectivity index (χ2n) is 5.16. The first-order valence-corrected chi connectivity index (χ1v) is 7.67. The molecule has 0 aliphatic carbocycles. The largest absolute Gasteiger partial charge is 0.0891 e. The molecule has 0 aliphatic rings. The maximum absolute atomic E-state index is 3.76. The first-order chi connectivity index (χ1) is 8.04. The average molecular weight is 297 g/mol. The van der Waals surface area contributed by atoms with Crippen molar-refractivity contribution in [2.24, 2.45) is 0 Å². The highest BCUT2D eigenvalue weighted by molar-refractivity contribution is 9.09. The third-order valence-electron chi connectivity index (χ3n) is 3.39. The summed E-state index contributed by atoms with van der Waals surface area (Å²) in [6.07, 6.45) is 6.38. The lowest BCUT2D eigenvalue weighted by Crippen LogP contribution is -2.00. The Bertz CT molecular complexity index is 332. The molecule has 1 aromatic carbocycles. The minimum Gasteiger partial charge on any atom is -0.0891 e. The first-order valence-electron chi connectivity index (χ1n) is 6.75. The van der Waals surface area contributed by atoms with Gasteiger partial charge in [-0.1, -0.05) is 47.0 Å². The fraction of sp³-hybridized carbons (Fsp3) is 0.625. The van der Waals surface area contributed by atoms with Crippen LogP contribution >= 0.6 is 15.9 Å². The van der Waals surface area contributed by atoms with E-state index in [1.54, 1.807) is 5.56 Å². The molecule has 0 aliphatic heterocycles. The van der Waals surface area contributed by atoms with Crippen LogP contribution in [0, 0.1) is 20.8 Å². The van der Waals surface area contributed by atoms with E-state index < -0.39 is 0 Å². The molecule has 1 heteroatoms. The Hall–Kier alpha value is -0.300. The van der Waals surface area contributed by atoms with Crippen LogP contribution in [0.25, 0.3) is 0 Å². The smallest absolute Gasteiger partial charge is 0.0145 e. The van der Waals surface area contributed by atoms with Crippen molar-refractivity contribution in [3.05, 3.63) is 34.4 Å². The van der Waals surface area contributed by atoms with E-state index in [0.717, 1.165) is 0 Å². The van der Waals surface area contributed by atoms with Crippen LogP contribution in [0.1, 0.15) is 54.9 Å². The highest BCUT2D eigenvalue weighted by Gasteiger charge is 2.06. The predicted molar refractivity (Wildman–Crippen MR) is 81.2 cm³/mol. The number of hydrogen-bond donors (Lipinski definition) is 0. The van der Waals surface area contributed by atoms with Crippen LogP contribution in [0.3, 0.4) is 0 Å². The topological polar surface area (TPSA) is 0 Å². The number of benzene rings is 1. The average Bonchev–Trinajstić information content (AvgIpc) is 2.22. The lowest BCUT2D eigenvalue weighted by molar-refractivity contribution is 0.653. The van der Waals surface area contributed by atoms with Crippen molar-refractivity contribution in [1.29, 1.82) is 0 Å². The van der Waals surface area contributed by atoms with Gasteiger partial charge in [-0.25, -0.2) is 0 Å². The van der Waals surface area contributed by atoms with E-state index in [0.29, 0.717) is 4.83 Å². The van der Waals surface area contributed by atoms with Gasteiger partial charge < -0.3 is 0 Å². The van der Waals surface area contributed by atoms with Gasteiger partial charge >= 0.3 is 0 Å². The van der Waals surface area contributed by atoms with E-state index in [-0.39, 0.29) is 0 Å². The van der Waals surface area contributed by atoms with E-state index in [1.165, 1.54) is 48.8 Å². The standard InChI is InChI=1S/C16H25Br/c1-5-7-15(17)8-6-9-16-13(3)10-12(2)11-14(16)4/h10-11,15H,5-9H2,1-4H3. The highest BCUT2D eigenvalue weighted by Crippen LogP contribution is 2.21. The summed E-state index contributed by atoms with van der Waals surface area (Å²) in [5.74, 6) is 0. The van der Waals surface area contributed by atoms with Crippen LogP contribution in [-0.4, -0.2) is 4.83 Å². The fourth-order valence-electron chi connectivity index (χ4n) is 2.56. The predicted octanol–water partition coefficient (Wildman–Crippen LogP) is 5.50.